The molecule has 8 heteroatoms. The summed E-state index contributed by atoms with van der Waals surface area (Å²) in [5.74, 6) is 0.768. The smallest absolute Gasteiger partial charge is 0.222 e. The Hall–Kier alpha value is -1.64. The SMILES string of the molecule is CCCCNC(=O)C(C)CC(N)C(N)CC(Cc1ccc(C(C)(C)C)c(OCS(C)(=O)=O)c1)C(C)C. The van der Waals surface area contributed by atoms with Crippen molar-refractivity contribution in [3.8, 4) is 5.75 Å². The maximum Gasteiger partial charge on any atom is 0.222 e. The molecular weight excluding hydrogens is 474 g/mol. The zero-order valence-electron chi connectivity index (χ0n) is 23.8. The van der Waals surface area contributed by atoms with E-state index >= 15 is 0 Å². The molecule has 0 aromatic heterocycles. The van der Waals surface area contributed by atoms with E-state index in [1.807, 2.05) is 19.1 Å². The molecule has 7 nitrogen and oxygen atoms in total. The molecule has 0 aliphatic heterocycles. The van der Waals surface area contributed by atoms with E-state index in [2.05, 4.69) is 52.9 Å². The highest BCUT2D eigenvalue weighted by atomic mass is 32.2. The van der Waals surface area contributed by atoms with E-state index in [9.17, 15) is 13.2 Å². The van der Waals surface area contributed by atoms with E-state index in [1.54, 1.807) is 0 Å². The third-order valence-corrected chi connectivity index (χ3v) is 7.30. The normalized spacial score (nSPS) is 15.9. The molecule has 0 spiro atoms. The van der Waals surface area contributed by atoms with Gasteiger partial charge in [-0.2, -0.15) is 0 Å². The van der Waals surface area contributed by atoms with Gasteiger partial charge in [0.05, 0.1) is 0 Å². The Morgan fingerprint density at radius 2 is 1.69 bits per heavy atom. The van der Waals surface area contributed by atoms with Crippen LogP contribution in [0.5, 0.6) is 5.75 Å². The quantitative estimate of drug-likeness (QED) is 0.295. The van der Waals surface area contributed by atoms with Crippen molar-refractivity contribution in [3.63, 3.8) is 0 Å². The van der Waals surface area contributed by atoms with Gasteiger partial charge in [-0.15, -0.1) is 0 Å². The first-order valence-corrected chi connectivity index (χ1v) is 15.3. The number of nitrogens with one attached hydrogen (secondary N) is 1. The Labute approximate surface area is 220 Å². The maximum atomic E-state index is 12.3. The molecule has 0 fully saturated rings. The highest BCUT2D eigenvalue weighted by Crippen LogP contribution is 2.34. The lowest BCUT2D eigenvalue weighted by Crippen LogP contribution is -2.46. The first-order valence-electron chi connectivity index (χ1n) is 13.3. The predicted octanol–water partition coefficient (Wildman–Crippen LogP) is 4.17. The third kappa shape index (κ3) is 11.6. The van der Waals surface area contributed by atoms with Crippen molar-refractivity contribution in [1.82, 2.24) is 5.32 Å². The second-order valence-electron chi connectivity index (χ2n) is 11.8. The lowest BCUT2D eigenvalue weighted by Gasteiger charge is -2.29. The van der Waals surface area contributed by atoms with Crippen molar-refractivity contribution in [2.45, 2.75) is 98.1 Å². The van der Waals surface area contributed by atoms with Gasteiger partial charge in [0.1, 0.15) is 5.75 Å². The summed E-state index contributed by atoms with van der Waals surface area (Å²) in [5.41, 5.74) is 14.8. The topological polar surface area (TPSA) is 125 Å². The van der Waals surface area contributed by atoms with Gasteiger partial charge in [0.25, 0.3) is 0 Å². The van der Waals surface area contributed by atoms with Gasteiger partial charge < -0.3 is 21.5 Å². The van der Waals surface area contributed by atoms with Crippen molar-refractivity contribution in [2.75, 3.05) is 18.7 Å². The molecule has 1 aromatic rings. The number of benzene rings is 1. The van der Waals surface area contributed by atoms with Gasteiger partial charge in [-0.1, -0.05) is 67.0 Å². The Bertz CT molecular complexity index is 925. The van der Waals surface area contributed by atoms with Crippen LogP contribution in [0.25, 0.3) is 0 Å². The monoisotopic (exact) mass is 525 g/mol. The van der Waals surface area contributed by atoms with Gasteiger partial charge in [0.2, 0.25) is 5.91 Å². The minimum atomic E-state index is -3.26. The zero-order valence-corrected chi connectivity index (χ0v) is 24.6. The van der Waals surface area contributed by atoms with Gasteiger partial charge in [-0.05, 0) is 60.1 Å². The molecule has 0 radical (unpaired) electrons. The van der Waals surface area contributed by atoms with Crippen molar-refractivity contribution in [2.24, 2.45) is 29.2 Å². The number of ether oxygens (including phenoxy) is 1. The van der Waals surface area contributed by atoms with Crippen LogP contribution in [0.2, 0.25) is 0 Å². The minimum absolute atomic E-state index is 0.0343. The molecule has 5 N–H and O–H groups in total. The van der Waals surface area contributed by atoms with E-state index in [0.29, 0.717) is 24.6 Å². The average Bonchev–Trinajstić information content (AvgIpc) is 2.75. The summed E-state index contributed by atoms with van der Waals surface area (Å²) in [4.78, 5) is 12.3. The fourth-order valence-electron chi connectivity index (χ4n) is 4.27. The van der Waals surface area contributed by atoms with E-state index in [1.165, 1.54) is 6.26 Å². The van der Waals surface area contributed by atoms with Crippen LogP contribution in [0.15, 0.2) is 18.2 Å². The average molecular weight is 526 g/mol. The summed E-state index contributed by atoms with van der Waals surface area (Å²) in [6, 6.07) is 5.61. The second-order valence-corrected chi connectivity index (χ2v) is 13.9. The number of unbranched alkanes of at least 4 members (excludes halogenated alkanes) is 1. The number of hydrogen-bond donors (Lipinski definition) is 3. The molecule has 1 rings (SSSR count). The van der Waals surface area contributed by atoms with Crippen LogP contribution in [0.1, 0.15) is 85.3 Å². The number of amides is 1. The number of rotatable bonds is 15. The summed E-state index contributed by atoms with van der Waals surface area (Å²) < 4.78 is 29.2. The van der Waals surface area contributed by atoms with Gasteiger partial charge in [-0.3, -0.25) is 4.79 Å². The van der Waals surface area contributed by atoms with Crippen LogP contribution in [0.4, 0.5) is 0 Å². The summed E-state index contributed by atoms with van der Waals surface area (Å²) in [6.45, 7) is 15.3. The molecular formula is C28H51N3O4S. The van der Waals surface area contributed by atoms with Crippen LogP contribution in [0.3, 0.4) is 0 Å². The van der Waals surface area contributed by atoms with Crippen LogP contribution in [-0.2, 0) is 26.5 Å². The Kier molecular flexibility index (Phi) is 12.9. The van der Waals surface area contributed by atoms with E-state index in [-0.39, 0.29) is 41.2 Å². The summed E-state index contributed by atoms with van der Waals surface area (Å²) in [5, 5.41) is 2.97. The highest BCUT2D eigenvalue weighted by molar-refractivity contribution is 7.90. The molecule has 0 saturated heterocycles. The number of nitrogens with two attached hydrogens (primary N) is 2. The molecule has 0 heterocycles. The first-order chi connectivity index (χ1) is 16.5. The van der Waals surface area contributed by atoms with Crippen molar-refractivity contribution < 1.29 is 17.9 Å². The van der Waals surface area contributed by atoms with E-state index in [4.69, 9.17) is 16.2 Å². The predicted molar refractivity (Wildman–Crippen MR) is 150 cm³/mol. The Morgan fingerprint density at radius 1 is 1.08 bits per heavy atom. The lowest BCUT2D eigenvalue weighted by molar-refractivity contribution is -0.124. The zero-order chi connectivity index (χ0) is 27.7. The van der Waals surface area contributed by atoms with Crippen molar-refractivity contribution in [3.05, 3.63) is 29.3 Å². The van der Waals surface area contributed by atoms with Gasteiger partial charge in [0.15, 0.2) is 15.8 Å². The fraction of sp³-hybridized carbons (Fsp3) is 0.750. The standard InChI is InChI=1S/C28H51N3O4S/c1-9-10-13-31-27(32)20(4)14-24(29)25(30)17-22(19(2)3)15-21-11-12-23(28(5,6)7)26(16-21)35-18-36(8,33)34/h11-12,16,19-20,22,24-25H,9-10,13-15,17-18,29-30H2,1-8H3,(H,31,32). The summed E-state index contributed by atoms with van der Waals surface area (Å²) >= 11 is 0. The highest BCUT2D eigenvalue weighted by Gasteiger charge is 2.26. The van der Waals surface area contributed by atoms with Gasteiger partial charge in [-0.25, -0.2) is 8.42 Å². The summed E-state index contributed by atoms with van der Waals surface area (Å²) in [6.07, 6.45) is 5.25. The van der Waals surface area contributed by atoms with Crippen LogP contribution < -0.4 is 21.5 Å². The lowest BCUT2D eigenvalue weighted by atomic mass is 9.80. The van der Waals surface area contributed by atoms with E-state index < -0.39 is 9.84 Å². The molecule has 0 aliphatic rings. The second kappa shape index (κ2) is 14.3. The number of sulfone groups is 1. The minimum Gasteiger partial charge on any atom is -0.477 e. The third-order valence-electron chi connectivity index (χ3n) is 6.75. The Balaban J connectivity index is 2.93. The number of carbonyl (C=O) groups is 1. The molecule has 0 bridgehead atoms. The van der Waals surface area contributed by atoms with Gasteiger partial charge in [0, 0.05) is 30.8 Å². The maximum absolute atomic E-state index is 12.3. The molecule has 208 valence electrons. The molecule has 4 unspecified atom stereocenters. The number of hydrogen-bond acceptors (Lipinski definition) is 6. The molecule has 36 heavy (non-hydrogen) atoms. The number of carbonyl (C=O) groups excluding carboxylic acids is 1. The van der Waals surface area contributed by atoms with Crippen LogP contribution in [-0.4, -0.2) is 45.1 Å². The molecule has 1 aromatic carbocycles. The fourth-order valence-corrected chi connectivity index (χ4v) is 4.62. The van der Waals surface area contributed by atoms with Crippen LogP contribution >= 0.6 is 0 Å². The van der Waals surface area contributed by atoms with Gasteiger partial charge >= 0.3 is 0 Å². The van der Waals surface area contributed by atoms with E-state index in [0.717, 1.165) is 36.8 Å². The summed E-state index contributed by atoms with van der Waals surface area (Å²) in [7, 11) is -3.26. The molecule has 1 amide bonds. The van der Waals surface area contributed by atoms with Crippen molar-refractivity contribution in [1.29, 1.82) is 0 Å². The first kappa shape index (κ1) is 32.4. The van der Waals surface area contributed by atoms with Crippen LogP contribution in [0, 0.1) is 17.8 Å². The molecule has 0 saturated carbocycles. The molecule has 4 atom stereocenters. The van der Waals surface area contributed by atoms with Crippen molar-refractivity contribution >= 4 is 15.7 Å². The largest absolute Gasteiger partial charge is 0.477 e. The molecule has 0 aliphatic carbocycles. The Morgan fingerprint density at radius 3 is 2.22 bits per heavy atom.